The number of methoxy groups -OCH3 is 2. The Bertz CT molecular complexity index is 903. The number of ether oxygens (including phenoxy) is 4. The standard InChI is InChI=1S/C20H20NO4/c1-22-17-4-3-12-7-16-14-9-19-18(24-11-25-19)8-13(14)5-6-21(16)10-15(12)20(17)23-2/h3-4,8-10,16H,5-7,11H2,1-2H3/q+1. The summed E-state index contributed by atoms with van der Waals surface area (Å²) in [5.74, 6) is 3.32. The second-order valence-corrected chi connectivity index (χ2v) is 6.62. The van der Waals surface area contributed by atoms with Crippen LogP contribution >= 0.6 is 0 Å². The van der Waals surface area contributed by atoms with Crippen molar-refractivity contribution in [2.24, 2.45) is 0 Å². The Labute approximate surface area is 146 Å². The highest BCUT2D eigenvalue weighted by atomic mass is 16.7. The molecule has 5 nitrogen and oxygen atoms in total. The molecule has 0 N–H and O–H groups in total. The highest BCUT2D eigenvalue weighted by Crippen LogP contribution is 2.43. The minimum Gasteiger partial charge on any atom is -0.493 e. The lowest BCUT2D eigenvalue weighted by atomic mass is 9.85. The molecule has 25 heavy (non-hydrogen) atoms. The zero-order chi connectivity index (χ0) is 17.0. The van der Waals surface area contributed by atoms with Crippen molar-refractivity contribution in [3.63, 3.8) is 0 Å². The monoisotopic (exact) mass is 338 g/mol. The van der Waals surface area contributed by atoms with Crippen LogP contribution in [0.1, 0.15) is 28.3 Å². The first-order valence-electron chi connectivity index (χ1n) is 8.55. The summed E-state index contributed by atoms with van der Waals surface area (Å²) in [6, 6.07) is 8.77. The van der Waals surface area contributed by atoms with Gasteiger partial charge in [0.25, 0.3) is 0 Å². The molecule has 128 valence electrons. The molecular formula is C20H20NO4+. The minimum atomic E-state index is 0.318. The molecule has 2 aromatic rings. The molecule has 3 heterocycles. The molecule has 1 unspecified atom stereocenters. The third-order valence-electron chi connectivity index (χ3n) is 5.42. The van der Waals surface area contributed by atoms with E-state index < -0.39 is 0 Å². The van der Waals surface area contributed by atoms with Gasteiger partial charge in [0.2, 0.25) is 6.79 Å². The smallest absolute Gasteiger partial charge is 0.231 e. The summed E-state index contributed by atoms with van der Waals surface area (Å²) in [7, 11) is 3.37. The topological polar surface area (TPSA) is 39.9 Å². The number of hydrogen-bond donors (Lipinski definition) is 0. The molecule has 0 fully saturated rings. The molecule has 2 aromatic carbocycles. The molecule has 5 heteroatoms. The fourth-order valence-corrected chi connectivity index (χ4v) is 4.18. The van der Waals surface area contributed by atoms with E-state index in [2.05, 4.69) is 29.0 Å². The van der Waals surface area contributed by atoms with Gasteiger partial charge in [-0.25, -0.2) is 4.58 Å². The SMILES string of the molecule is COc1ccc2c(c1OC)C=[N+]1CCc3cc4c(cc3C1C2)OCO4. The molecule has 1 atom stereocenters. The van der Waals surface area contributed by atoms with E-state index in [-0.39, 0.29) is 0 Å². The second kappa shape index (κ2) is 5.41. The van der Waals surface area contributed by atoms with Crippen LogP contribution < -0.4 is 18.9 Å². The van der Waals surface area contributed by atoms with Crippen molar-refractivity contribution in [2.45, 2.75) is 18.9 Å². The van der Waals surface area contributed by atoms with Crippen molar-refractivity contribution >= 4 is 6.21 Å². The predicted octanol–water partition coefficient (Wildman–Crippen LogP) is 2.72. The Kier molecular flexibility index (Phi) is 3.17. The number of fused-ring (bicyclic) bond motifs is 5. The van der Waals surface area contributed by atoms with E-state index in [1.165, 1.54) is 16.7 Å². The van der Waals surface area contributed by atoms with Crippen LogP contribution in [0.25, 0.3) is 0 Å². The Morgan fingerprint density at radius 2 is 1.88 bits per heavy atom. The lowest BCUT2D eigenvalue weighted by Crippen LogP contribution is -2.33. The summed E-state index contributed by atoms with van der Waals surface area (Å²) < 4.78 is 24.6. The van der Waals surface area contributed by atoms with Crippen LogP contribution in [0.15, 0.2) is 24.3 Å². The third kappa shape index (κ3) is 2.11. The van der Waals surface area contributed by atoms with Gasteiger partial charge in [0.1, 0.15) is 6.54 Å². The average Bonchev–Trinajstić information content (AvgIpc) is 3.11. The molecule has 3 aliphatic rings. The maximum atomic E-state index is 5.62. The molecule has 5 rings (SSSR count). The minimum absolute atomic E-state index is 0.318. The molecule has 0 saturated carbocycles. The first-order chi connectivity index (χ1) is 12.3. The zero-order valence-electron chi connectivity index (χ0n) is 14.4. The summed E-state index contributed by atoms with van der Waals surface area (Å²) in [5, 5.41) is 0. The summed E-state index contributed by atoms with van der Waals surface area (Å²) in [4.78, 5) is 0. The van der Waals surface area contributed by atoms with Crippen LogP contribution in [-0.4, -0.2) is 38.3 Å². The van der Waals surface area contributed by atoms with E-state index in [0.717, 1.165) is 47.9 Å². The van der Waals surface area contributed by atoms with Crippen LogP contribution in [0, 0.1) is 0 Å². The Hall–Kier alpha value is -2.69. The molecule has 0 amide bonds. The molecule has 0 radical (unpaired) electrons. The van der Waals surface area contributed by atoms with Crippen molar-refractivity contribution in [1.82, 2.24) is 0 Å². The molecule has 0 aromatic heterocycles. The molecule has 0 spiro atoms. The lowest BCUT2D eigenvalue weighted by Gasteiger charge is -2.28. The molecule has 0 saturated heterocycles. The van der Waals surface area contributed by atoms with Crippen LogP contribution in [0.5, 0.6) is 23.0 Å². The van der Waals surface area contributed by atoms with E-state index in [4.69, 9.17) is 18.9 Å². The highest BCUT2D eigenvalue weighted by Gasteiger charge is 2.37. The van der Waals surface area contributed by atoms with Crippen LogP contribution in [0.4, 0.5) is 0 Å². The largest absolute Gasteiger partial charge is 0.493 e. The molecule has 0 bridgehead atoms. The van der Waals surface area contributed by atoms with Gasteiger partial charge in [-0.05, 0) is 29.3 Å². The van der Waals surface area contributed by atoms with Gasteiger partial charge in [-0.1, -0.05) is 6.07 Å². The average molecular weight is 338 g/mol. The van der Waals surface area contributed by atoms with Crippen LogP contribution in [-0.2, 0) is 12.8 Å². The lowest BCUT2D eigenvalue weighted by molar-refractivity contribution is -0.573. The molecule has 0 aliphatic carbocycles. The van der Waals surface area contributed by atoms with E-state index in [1.807, 2.05) is 6.07 Å². The first kappa shape index (κ1) is 14.6. The van der Waals surface area contributed by atoms with E-state index >= 15 is 0 Å². The van der Waals surface area contributed by atoms with Gasteiger partial charge in [-0.2, -0.15) is 0 Å². The van der Waals surface area contributed by atoms with Gasteiger partial charge in [0.05, 0.1) is 19.8 Å². The predicted molar refractivity (Wildman–Crippen MR) is 92.6 cm³/mol. The van der Waals surface area contributed by atoms with Crippen molar-refractivity contribution < 1.29 is 23.5 Å². The second-order valence-electron chi connectivity index (χ2n) is 6.62. The highest BCUT2D eigenvalue weighted by molar-refractivity contribution is 5.85. The molecular weight excluding hydrogens is 318 g/mol. The van der Waals surface area contributed by atoms with Gasteiger partial charge in [-0.3, -0.25) is 0 Å². The van der Waals surface area contributed by atoms with Gasteiger partial charge in [0.15, 0.2) is 35.3 Å². The van der Waals surface area contributed by atoms with Gasteiger partial charge >= 0.3 is 0 Å². The van der Waals surface area contributed by atoms with Gasteiger partial charge in [0, 0.05) is 18.4 Å². The quantitative estimate of drug-likeness (QED) is 0.790. The summed E-state index contributed by atoms with van der Waals surface area (Å²) >= 11 is 0. The summed E-state index contributed by atoms with van der Waals surface area (Å²) in [6.45, 7) is 1.30. The number of benzene rings is 2. The maximum Gasteiger partial charge on any atom is 0.231 e. The van der Waals surface area contributed by atoms with E-state index in [0.29, 0.717) is 12.8 Å². The van der Waals surface area contributed by atoms with Gasteiger partial charge in [-0.15, -0.1) is 0 Å². The van der Waals surface area contributed by atoms with Crippen molar-refractivity contribution in [2.75, 3.05) is 27.6 Å². The summed E-state index contributed by atoms with van der Waals surface area (Å²) in [5.41, 5.74) is 5.11. The Morgan fingerprint density at radius 3 is 2.68 bits per heavy atom. The van der Waals surface area contributed by atoms with Gasteiger partial charge < -0.3 is 18.9 Å². The number of hydrogen-bond acceptors (Lipinski definition) is 4. The number of rotatable bonds is 2. The van der Waals surface area contributed by atoms with Crippen molar-refractivity contribution in [1.29, 1.82) is 0 Å². The zero-order valence-corrected chi connectivity index (χ0v) is 14.4. The van der Waals surface area contributed by atoms with Crippen molar-refractivity contribution in [3.8, 4) is 23.0 Å². The van der Waals surface area contributed by atoms with E-state index in [9.17, 15) is 0 Å². The maximum absolute atomic E-state index is 5.62. The Balaban J connectivity index is 1.62. The first-order valence-corrected chi connectivity index (χ1v) is 8.55. The fourth-order valence-electron chi connectivity index (χ4n) is 4.18. The van der Waals surface area contributed by atoms with E-state index in [1.54, 1.807) is 14.2 Å². The van der Waals surface area contributed by atoms with Crippen LogP contribution in [0.3, 0.4) is 0 Å². The third-order valence-corrected chi connectivity index (χ3v) is 5.42. The summed E-state index contributed by atoms with van der Waals surface area (Å²) in [6.07, 6.45) is 4.16. The Morgan fingerprint density at radius 1 is 1.04 bits per heavy atom. The fraction of sp³-hybridized carbons (Fsp3) is 0.350. The van der Waals surface area contributed by atoms with Crippen LogP contribution in [0.2, 0.25) is 0 Å². The normalized spacial score (nSPS) is 19.4. The number of nitrogens with zero attached hydrogens (tertiary/aromatic N) is 1. The molecule has 3 aliphatic heterocycles. The van der Waals surface area contributed by atoms with Crippen molar-refractivity contribution in [3.05, 3.63) is 46.5 Å².